The van der Waals surface area contributed by atoms with E-state index in [4.69, 9.17) is 0 Å². The highest BCUT2D eigenvalue weighted by Gasteiger charge is 2.09. The van der Waals surface area contributed by atoms with Gasteiger partial charge < -0.3 is 0 Å². The molecule has 1 aromatic carbocycles. The number of hydrogen-bond donors (Lipinski definition) is 0. The topological polar surface area (TPSA) is 34.1 Å². The number of Topliss-reactive ketones (excluding diaryl/α,β-unsaturated/α-hetero) is 1. The summed E-state index contributed by atoms with van der Waals surface area (Å²) in [7, 11) is 0. The molecule has 0 heterocycles. The quantitative estimate of drug-likeness (QED) is 0.416. The molecule has 0 saturated heterocycles. The van der Waals surface area contributed by atoms with Gasteiger partial charge in [-0.1, -0.05) is 43.3 Å². The Hall–Kier alpha value is -1.70. The van der Waals surface area contributed by atoms with Crippen LogP contribution in [-0.4, -0.2) is 12.1 Å². The number of hydrogen-bond acceptors (Lipinski definition) is 2. The normalized spacial score (nSPS) is 12.6. The maximum absolute atomic E-state index is 11.8. The maximum atomic E-state index is 11.8. The Morgan fingerprint density at radius 3 is 2.62 bits per heavy atom. The van der Waals surface area contributed by atoms with Crippen molar-refractivity contribution in [2.75, 3.05) is 0 Å². The Morgan fingerprint density at radius 2 is 2.00 bits per heavy atom. The largest absolute Gasteiger partial charge is 0.299 e. The summed E-state index contributed by atoms with van der Waals surface area (Å²) in [4.78, 5) is 21.9. The summed E-state index contributed by atoms with van der Waals surface area (Å²) in [5.41, 5.74) is 0.758. The van der Waals surface area contributed by atoms with Crippen LogP contribution in [0.1, 0.15) is 30.1 Å². The van der Waals surface area contributed by atoms with E-state index < -0.39 is 0 Å². The minimum Gasteiger partial charge on any atom is -0.299 e. The summed E-state index contributed by atoms with van der Waals surface area (Å²) in [6.45, 7) is 2.01. The molecule has 1 atom stereocenters. The van der Waals surface area contributed by atoms with Gasteiger partial charge in [-0.2, -0.15) is 0 Å². The molecule has 2 nitrogen and oxygen atoms in total. The van der Waals surface area contributed by atoms with Gasteiger partial charge in [-0.05, 0) is 18.4 Å². The summed E-state index contributed by atoms with van der Waals surface area (Å²) >= 11 is 0. The predicted octanol–water partition coefficient (Wildman–Crippen LogP) is 3.04. The molecule has 0 saturated carbocycles. The molecule has 84 valence electrons. The number of ketones is 1. The van der Waals surface area contributed by atoms with Gasteiger partial charge in [-0.25, -0.2) is 0 Å². The van der Waals surface area contributed by atoms with E-state index >= 15 is 0 Å². The van der Waals surface area contributed by atoms with E-state index in [0.717, 1.165) is 18.3 Å². The number of rotatable bonds is 6. The van der Waals surface area contributed by atoms with E-state index in [2.05, 4.69) is 0 Å². The van der Waals surface area contributed by atoms with Crippen LogP contribution in [0, 0.1) is 5.92 Å². The Balaban J connectivity index is 2.45. The average Bonchev–Trinajstić information content (AvgIpc) is 2.30. The van der Waals surface area contributed by atoms with Gasteiger partial charge in [-0.15, -0.1) is 0 Å². The minimum atomic E-state index is 0.160. The predicted molar refractivity (Wildman–Crippen MR) is 64.4 cm³/mol. The average molecular weight is 216 g/mol. The molecule has 0 aliphatic heterocycles. The summed E-state index contributed by atoms with van der Waals surface area (Å²) in [5, 5.41) is 0. The van der Waals surface area contributed by atoms with Crippen LogP contribution in [0.25, 0.3) is 0 Å². The van der Waals surface area contributed by atoms with Gasteiger partial charge in [0.2, 0.25) is 0 Å². The molecule has 0 spiro atoms. The molecule has 1 aromatic rings. The van der Waals surface area contributed by atoms with E-state index in [1.807, 2.05) is 37.3 Å². The van der Waals surface area contributed by atoms with Gasteiger partial charge in [-0.3, -0.25) is 9.59 Å². The van der Waals surface area contributed by atoms with Crippen molar-refractivity contribution in [1.29, 1.82) is 0 Å². The summed E-state index contributed by atoms with van der Waals surface area (Å²) in [6, 6.07) is 9.29. The second kappa shape index (κ2) is 6.72. The second-order valence-corrected chi connectivity index (χ2v) is 3.90. The third kappa shape index (κ3) is 4.22. The first kappa shape index (κ1) is 12.4. The van der Waals surface area contributed by atoms with Crippen molar-refractivity contribution in [3.8, 4) is 0 Å². The lowest BCUT2D eigenvalue weighted by molar-refractivity contribution is -0.104. The molecule has 0 aromatic heterocycles. The van der Waals surface area contributed by atoms with Gasteiger partial charge in [0, 0.05) is 12.0 Å². The SMILES string of the molecule is CC(C/C=C/C=O)CC(=O)c1ccccc1. The van der Waals surface area contributed by atoms with Crippen molar-refractivity contribution in [2.45, 2.75) is 19.8 Å². The van der Waals surface area contributed by atoms with Gasteiger partial charge in [0.1, 0.15) is 6.29 Å². The van der Waals surface area contributed by atoms with Crippen molar-refractivity contribution in [1.82, 2.24) is 0 Å². The fourth-order valence-corrected chi connectivity index (χ4v) is 1.51. The van der Waals surface area contributed by atoms with Gasteiger partial charge in [0.05, 0.1) is 0 Å². The van der Waals surface area contributed by atoms with E-state index in [9.17, 15) is 9.59 Å². The number of allylic oxidation sites excluding steroid dienone is 2. The third-order valence-electron chi connectivity index (χ3n) is 2.38. The molecule has 0 amide bonds. The lowest BCUT2D eigenvalue weighted by Crippen LogP contribution is -2.05. The minimum absolute atomic E-state index is 0.160. The van der Waals surface area contributed by atoms with Crippen LogP contribution in [0.15, 0.2) is 42.5 Å². The first-order valence-electron chi connectivity index (χ1n) is 5.42. The Morgan fingerprint density at radius 1 is 1.31 bits per heavy atom. The zero-order valence-electron chi connectivity index (χ0n) is 9.43. The van der Waals surface area contributed by atoms with Crippen molar-refractivity contribution in [3.63, 3.8) is 0 Å². The lowest BCUT2D eigenvalue weighted by atomic mass is 9.97. The highest BCUT2D eigenvalue weighted by Crippen LogP contribution is 2.13. The van der Waals surface area contributed by atoms with Crippen LogP contribution in [0.4, 0.5) is 0 Å². The molecule has 0 radical (unpaired) electrons. The van der Waals surface area contributed by atoms with Crippen molar-refractivity contribution in [2.24, 2.45) is 5.92 Å². The van der Waals surface area contributed by atoms with Crippen molar-refractivity contribution >= 4 is 12.1 Å². The molecule has 0 aliphatic carbocycles. The Bertz CT molecular complexity index is 366. The Kier molecular flexibility index (Phi) is 5.20. The molecule has 1 unspecified atom stereocenters. The monoisotopic (exact) mass is 216 g/mol. The van der Waals surface area contributed by atoms with Gasteiger partial charge >= 0.3 is 0 Å². The fourth-order valence-electron chi connectivity index (χ4n) is 1.51. The van der Waals surface area contributed by atoms with Crippen LogP contribution < -0.4 is 0 Å². The van der Waals surface area contributed by atoms with Gasteiger partial charge in [0.25, 0.3) is 0 Å². The number of aldehydes is 1. The molecule has 0 N–H and O–H groups in total. The highest BCUT2D eigenvalue weighted by atomic mass is 16.1. The van der Waals surface area contributed by atoms with Crippen LogP contribution in [-0.2, 0) is 4.79 Å². The zero-order chi connectivity index (χ0) is 11.8. The molecule has 0 fully saturated rings. The van der Waals surface area contributed by atoms with Crippen LogP contribution >= 0.6 is 0 Å². The first-order chi connectivity index (χ1) is 7.74. The lowest BCUT2D eigenvalue weighted by Gasteiger charge is -2.07. The van der Waals surface area contributed by atoms with Gasteiger partial charge in [0.15, 0.2) is 5.78 Å². The maximum Gasteiger partial charge on any atom is 0.163 e. The van der Waals surface area contributed by atoms with Crippen molar-refractivity contribution < 1.29 is 9.59 Å². The van der Waals surface area contributed by atoms with E-state index in [0.29, 0.717) is 6.42 Å². The van der Waals surface area contributed by atoms with Crippen molar-refractivity contribution in [3.05, 3.63) is 48.0 Å². The molecule has 0 bridgehead atoms. The summed E-state index contributed by atoms with van der Waals surface area (Å²) < 4.78 is 0. The number of benzene rings is 1. The third-order valence-corrected chi connectivity index (χ3v) is 2.38. The summed E-state index contributed by atoms with van der Waals surface area (Å²) in [5.74, 6) is 0.427. The standard InChI is InChI=1S/C14H16O2/c1-12(7-5-6-10-15)11-14(16)13-8-3-2-4-9-13/h2-6,8-10,12H,7,11H2,1H3/b6-5+. The Labute approximate surface area is 96.0 Å². The first-order valence-corrected chi connectivity index (χ1v) is 5.42. The highest BCUT2D eigenvalue weighted by molar-refractivity contribution is 5.96. The molecule has 0 aliphatic rings. The number of carbonyl (C=O) groups is 2. The van der Waals surface area contributed by atoms with E-state index in [1.165, 1.54) is 6.08 Å². The molecule has 16 heavy (non-hydrogen) atoms. The van der Waals surface area contributed by atoms with E-state index in [1.54, 1.807) is 6.08 Å². The summed E-state index contributed by atoms with van der Waals surface area (Å²) in [6.07, 6.45) is 5.32. The zero-order valence-corrected chi connectivity index (χ0v) is 9.43. The molecular weight excluding hydrogens is 200 g/mol. The molecule has 2 heteroatoms. The molecular formula is C14H16O2. The number of carbonyl (C=O) groups excluding carboxylic acids is 2. The smallest absolute Gasteiger partial charge is 0.163 e. The fraction of sp³-hybridized carbons (Fsp3) is 0.286. The van der Waals surface area contributed by atoms with Crippen LogP contribution in [0.3, 0.4) is 0 Å². The van der Waals surface area contributed by atoms with E-state index in [-0.39, 0.29) is 11.7 Å². The molecule has 1 rings (SSSR count). The van der Waals surface area contributed by atoms with Crippen LogP contribution in [0.2, 0.25) is 0 Å². The second-order valence-electron chi connectivity index (χ2n) is 3.90. The van der Waals surface area contributed by atoms with Crippen LogP contribution in [0.5, 0.6) is 0 Å².